The fraction of sp³-hybridized carbons (Fsp3) is 0.133. The van der Waals surface area contributed by atoms with E-state index in [1.54, 1.807) is 30.5 Å². The van der Waals surface area contributed by atoms with Crippen LogP contribution in [-0.2, 0) is 0 Å². The molecule has 10 nitrogen and oxygen atoms in total. The Balaban J connectivity index is 0.00000106. The molecule has 0 aliphatic rings. The monoisotopic (exact) mass is 537 g/mol. The molecule has 40 heavy (non-hydrogen) atoms. The SMILES string of the molecule is CC.CC.Nc1ccc2nccc(Nc3ccc(NC(=O)c4cccc(Nc5cc(N)nc(N)n5)c4)cc3)c2c1. The Kier molecular flexibility index (Phi) is 10.2. The maximum atomic E-state index is 12.8. The van der Waals surface area contributed by atoms with Crippen LogP contribution in [0.5, 0.6) is 0 Å². The molecule has 2 aromatic heterocycles. The van der Waals surface area contributed by atoms with E-state index in [9.17, 15) is 4.79 Å². The Bertz CT molecular complexity index is 1550. The molecule has 3 aromatic carbocycles. The van der Waals surface area contributed by atoms with Crippen molar-refractivity contribution in [2.24, 2.45) is 0 Å². The molecular weight excluding hydrogens is 502 g/mol. The number of rotatable bonds is 6. The molecule has 0 saturated carbocycles. The van der Waals surface area contributed by atoms with Crippen LogP contribution < -0.4 is 33.2 Å². The Morgan fingerprint density at radius 3 is 2.17 bits per heavy atom. The van der Waals surface area contributed by atoms with Gasteiger partial charge in [-0.1, -0.05) is 33.8 Å². The Labute approximate surface area is 234 Å². The third-order valence-corrected chi connectivity index (χ3v) is 5.35. The smallest absolute Gasteiger partial charge is 0.255 e. The zero-order chi connectivity index (χ0) is 29.1. The van der Waals surface area contributed by atoms with E-state index in [4.69, 9.17) is 17.2 Å². The molecule has 206 valence electrons. The van der Waals surface area contributed by atoms with Gasteiger partial charge in [-0.3, -0.25) is 9.78 Å². The van der Waals surface area contributed by atoms with Crippen molar-refractivity contribution in [2.45, 2.75) is 27.7 Å². The van der Waals surface area contributed by atoms with Crippen molar-refractivity contribution >= 4 is 62.8 Å². The summed E-state index contributed by atoms with van der Waals surface area (Å²) in [6.45, 7) is 8.00. The van der Waals surface area contributed by atoms with Gasteiger partial charge in [0, 0.05) is 51.6 Å². The zero-order valence-corrected chi connectivity index (χ0v) is 23.1. The molecule has 10 heteroatoms. The highest BCUT2D eigenvalue weighted by atomic mass is 16.1. The summed E-state index contributed by atoms with van der Waals surface area (Å²) in [6.07, 6.45) is 1.74. The van der Waals surface area contributed by atoms with Crippen molar-refractivity contribution in [1.29, 1.82) is 0 Å². The van der Waals surface area contributed by atoms with Crippen molar-refractivity contribution in [1.82, 2.24) is 15.0 Å². The molecule has 0 spiro atoms. The van der Waals surface area contributed by atoms with Crippen LogP contribution in [0.4, 0.5) is 46.0 Å². The maximum absolute atomic E-state index is 12.8. The molecule has 5 aromatic rings. The Hall–Kier alpha value is -5.38. The van der Waals surface area contributed by atoms with Gasteiger partial charge in [0.05, 0.1) is 5.52 Å². The van der Waals surface area contributed by atoms with Crippen LogP contribution in [0.25, 0.3) is 10.9 Å². The van der Waals surface area contributed by atoms with Gasteiger partial charge in [-0.25, -0.2) is 0 Å². The van der Waals surface area contributed by atoms with Crippen LogP contribution in [0.15, 0.2) is 85.1 Å². The largest absolute Gasteiger partial charge is 0.399 e. The summed E-state index contributed by atoms with van der Waals surface area (Å²) in [6, 6.07) is 23.5. The first-order valence-corrected chi connectivity index (χ1v) is 13.0. The second kappa shape index (κ2) is 14.0. The first-order chi connectivity index (χ1) is 19.4. The minimum atomic E-state index is -0.253. The number of nitrogen functional groups attached to an aromatic ring is 3. The second-order valence-corrected chi connectivity index (χ2v) is 8.03. The average molecular weight is 538 g/mol. The van der Waals surface area contributed by atoms with Crippen molar-refractivity contribution in [3.8, 4) is 0 Å². The summed E-state index contributed by atoms with van der Waals surface area (Å²) in [7, 11) is 0. The second-order valence-electron chi connectivity index (χ2n) is 8.03. The minimum Gasteiger partial charge on any atom is -0.399 e. The lowest BCUT2D eigenvalue weighted by Gasteiger charge is -2.12. The summed E-state index contributed by atoms with van der Waals surface area (Å²) in [4.78, 5) is 25.1. The number of amides is 1. The molecule has 0 unspecified atom stereocenters. The van der Waals surface area contributed by atoms with E-state index in [0.29, 0.717) is 28.4 Å². The molecule has 0 aliphatic carbocycles. The number of benzene rings is 3. The Morgan fingerprint density at radius 2 is 1.45 bits per heavy atom. The molecule has 0 bridgehead atoms. The highest BCUT2D eigenvalue weighted by Crippen LogP contribution is 2.27. The molecule has 0 fully saturated rings. The lowest BCUT2D eigenvalue weighted by atomic mass is 10.1. The van der Waals surface area contributed by atoms with Crippen LogP contribution in [0, 0.1) is 0 Å². The van der Waals surface area contributed by atoms with E-state index in [2.05, 4.69) is 30.9 Å². The number of nitrogens with one attached hydrogen (secondary N) is 3. The number of nitrogens with two attached hydrogens (primary N) is 3. The fourth-order valence-corrected chi connectivity index (χ4v) is 3.70. The zero-order valence-electron chi connectivity index (χ0n) is 23.1. The number of aromatic nitrogens is 3. The number of anilines is 8. The van der Waals surface area contributed by atoms with Gasteiger partial charge in [0.25, 0.3) is 5.91 Å². The van der Waals surface area contributed by atoms with E-state index in [1.807, 2.05) is 82.3 Å². The summed E-state index contributed by atoms with van der Waals surface area (Å²) in [5.41, 5.74) is 22.3. The first kappa shape index (κ1) is 29.2. The number of hydrogen-bond acceptors (Lipinski definition) is 9. The molecule has 0 aliphatic heterocycles. The molecule has 2 heterocycles. The number of hydrogen-bond donors (Lipinski definition) is 6. The summed E-state index contributed by atoms with van der Waals surface area (Å²) in [5, 5.41) is 10.3. The highest BCUT2D eigenvalue weighted by Gasteiger charge is 2.09. The molecule has 9 N–H and O–H groups in total. The van der Waals surface area contributed by atoms with Gasteiger partial charge >= 0.3 is 0 Å². The number of nitrogens with zero attached hydrogens (tertiary/aromatic N) is 3. The molecule has 5 rings (SSSR count). The predicted octanol–water partition coefficient (Wildman–Crippen LogP) is 6.56. The normalized spacial score (nSPS) is 9.90. The van der Waals surface area contributed by atoms with Crippen molar-refractivity contribution in [3.63, 3.8) is 0 Å². The number of fused-ring (bicyclic) bond motifs is 1. The molecule has 0 atom stereocenters. The van der Waals surface area contributed by atoms with E-state index < -0.39 is 0 Å². The maximum Gasteiger partial charge on any atom is 0.255 e. The van der Waals surface area contributed by atoms with Crippen LogP contribution in [0.2, 0.25) is 0 Å². The van der Waals surface area contributed by atoms with E-state index in [0.717, 1.165) is 22.3 Å². The third kappa shape index (κ3) is 7.57. The fourth-order valence-electron chi connectivity index (χ4n) is 3.70. The summed E-state index contributed by atoms with van der Waals surface area (Å²) >= 11 is 0. The number of carbonyl (C=O) groups excluding carboxylic acids is 1. The molecule has 0 saturated heterocycles. The van der Waals surface area contributed by atoms with E-state index in [-0.39, 0.29) is 17.7 Å². The highest BCUT2D eigenvalue weighted by molar-refractivity contribution is 6.05. The van der Waals surface area contributed by atoms with Crippen molar-refractivity contribution < 1.29 is 4.79 Å². The quantitative estimate of drug-likeness (QED) is 0.131. The van der Waals surface area contributed by atoms with Gasteiger partial charge in [-0.15, -0.1) is 0 Å². The topological polar surface area (TPSA) is 170 Å². The average Bonchev–Trinajstić information content (AvgIpc) is 2.96. The lowest BCUT2D eigenvalue weighted by Crippen LogP contribution is -2.12. The molecule has 0 radical (unpaired) electrons. The van der Waals surface area contributed by atoms with Crippen LogP contribution >= 0.6 is 0 Å². The lowest BCUT2D eigenvalue weighted by molar-refractivity contribution is 0.102. The van der Waals surface area contributed by atoms with E-state index >= 15 is 0 Å². The van der Waals surface area contributed by atoms with Crippen molar-refractivity contribution in [3.05, 3.63) is 90.6 Å². The molecule has 1 amide bonds. The van der Waals surface area contributed by atoms with Crippen LogP contribution in [0.3, 0.4) is 0 Å². The van der Waals surface area contributed by atoms with Gasteiger partial charge in [-0.05, 0) is 66.7 Å². The summed E-state index contributed by atoms with van der Waals surface area (Å²) < 4.78 is 0. The van der Waals surface area contributed by atoms with Gasteiger partial charge in [0.15, 0.2) is 0 Å². The molecular formula is C30H35N9O. The first-order valence-electron chi connectivity index (χ1n) is 13.0. The standard InChI is InChI=1S/C26H23N9O.2C2H6/c27-16-4-9-21-20(13-16)22(10-11-30-21)31-17-5-7-18(8-6-17)33-25(36)15-2-1-3-19(12-15)32-24-14-23(28)34-26(29)35-24;2*1-2/h1-14H,27H2,(H,30,31)(H,33,36)(H5,28,29,32,34,35);2*1-2H3. The summed E-state index contributed by atoms with van der Waals surface area (Å²) in [5.74, 6) is 0.491. The van der Waals surface area contributed by atoms with Gasteiger partial charge < -0.3 is 33.2 Å². The van der Waals surface area contributed by atoms with Gasteiger partial charge in [0.1, 0.15) is 11.6 Å². The minimum absolute atomic E-state index is 0.0607. The van der Waals surface area contributed by atoms with Crippen LogP contribution in [-0.4, -0.2) is 20.9 Å². The van der Waals surface area contributed by atoms with Gasteiger partial charge in [-0.2, -0.15) is 9.97 Å². The number of pyridine rings is 1. The predicted molar refractivity (Wildman–Crippen MR) is 167 cm³/mol. The van der Waals surface area contributed by atoms with Crippen molar-refractivity contribution in [2.75, 3.05) is 33.2 Å². The third-order valence-electron chi connectivity index (χ3n) is 5.35. The van der Waals surface area contributed by atoms with E-state index in [1.165, 1.54) is 0 Å². The van der Waals surface area contributed by atoms with Crippen LogP contribution in [0.1, 0.15) is 38.1 Å². The van der Waals surface area contributed by atoms with Gasteiger partial charge in [0.2, 0.25) is 5.95 Å². The Morgan fingerprint density at radius 1 is 0.725 bits per heavy atom. The number of carbonyl (C=O) groups is 1.